The standard InChI is InChI=1S/C23H24N4O4S/c24-20(28)10-9-17(21(25)29)26-22(30)18(27-23(31)19-6-3-11-32-19)13-14-7-8-15-4-1-2-5-16(15)12-14/h1-8,11-12,17-18H,9-10,13H2,(H2,24,28)(H2,25,29)(H,26,30)(H,27,31)/t17-,18-/m0/s1. The summed E-state index contributed by atoms with van der Waals surface area (Å²) < 4.78 is 0. The number of hydrogen-bond acceptors (Lipinski definition) is 5. The molecule has 0 fully saturated rings. The minimum absolute atomic E-state index is 0.0159. The van der Waals surface area contributed by atoms with Gasteiger partial charge in [0.2, 0.25) is 17.7 Å². The van der Waals surface area contributed by atoms with Crippen LogP contribution in [0.3, 0.4) is 0 Å². The molecule has 32 heavy (non-hydrogen) atoms. The van der Waals surface area contributed by atoms with Crippen molar-refractivity contribution >= 4 is 45.7 Å². The van der Waals surface area contributed by atoms with Crippen LogP contribution < -0.4 is 22.1 Å². The Morgan fingerprint density at radius 3 is 2.28 bits per heavy atom. The van der Waals surface area contributed by atoms with E-state index in [1.807, 2.05) is 42.5 Å². The molecule has 2 atom stereocenters. The summed E-state index contributed by atoms with van der Waals surface area (Å²) in [5, 5.41) is 9.11. The van der Waals surface area contributed by atoms with Crippen molar-refractivity contribution < 1.29 is 19.2 Å². The zero-order valence-corrected chi connectivity index (χ0v) is 18.1. The van der Waals surface area contributed by atoms with Crippen molar-refractivity contribution in [3.63, 3.8) is 0 Å². The van der Waals surface area contributed by atoms with Crippen molar-refractivity contribution in [3.05, 3.63) is 70.4 Å². The number of primary amides is 2. The van der Waals surface area contributed by atoms with Gasteiger partial charge in [0, 0.05) is 12.8 Å². The van der Waals surface area contributed by atoms with E-state index in [4.69, 9.17) is 11.5 Å². The Bertz CT molecular complexity index is 1130. The molecule has 0 radical (unpaired) electrons. The molecule has 1 aromatic heterocycles. The fourth-order valence-electron chi connectivity index (χ4n) is 3.29. The van der Waals surface area contributed by atoms with E-state index in [0.717, 1.165) is 16.3 Å². The van der Waals surface area contributed by atoms with Crippen LogP contribution in [-0.2, 0) is 20.8 Å². The van der Waals surface area contributed by atoms with Crippen molar-refractivity contribution in [2.24, 2.45) is 11.5 Å². The van der Waals surface area contributed by atoms with Crippen LogP contribution in [0.2, 0.25) is 0 Å². The smallest absolute Gasteiger partial charge is 0.262 e. The molecule has 6 N–H and O–H groups in total. The maximum Gasteiger partial charge on any atom is 0.262 e. The lowest BCUT2D eigenvalue weighted by atomic mass is 10.0. The lowest BCUT2D eigenvalue weighted by Crippen LogP contribution is -2.53. The molecule has 1 heterocycles. The number of thiophene rings is 1. The predicted molar refractivity (Wildman–Crippen MR) is 123 cm³/mol. The molecule has 0 saturated carbocycles. The van der Waals surface area contributed by atoms with Gasteiger partial charge in [0.05, 0.1) is 4.88 Å². The van der Waals surface area contributed by atoms with Crippen molar-refractivity contribution in [2.75, 3.05) is 0 Å². The van der Waals surface area contributed by atoms with Crippen LogP contribution in [-0.4, -0.2) is 35.7 Å². The van der Waals surface area contributed by atoms with E-state index in [2.05, 4.69) is 10.6 Å². The first-order valence-corrected chi connectivity index (χ1v) is 10.9. The molecule has 166 valence electrons. The zero-order valence-electron chi connectivity index (χ0n) is 17.2. The summed E-state index contributed by atoms with van der Waals surface area (Å²) in [5.74, 6) is -2.36. The van der Waals surface area contributed by atoms with Gasteiger partial charge in [0.25, 0.3) is 5.91 Å². The summed E-state index contributed by atoms with van der Waals surface area (Å²) in [6.45, 7) is 0. The van der Waals surface area contributed by atoms with Crippen LogP contribution >= 0.6 is 11.3 Å². The van der Waals surface area contributed by atoms with Crippen molar-refractivity contribution in [1.82, 2.24) is 10.6 Å². The summed E-state index contributed by atoms with van der Waals surface area (Å²) in [6.07, 6.45) is 0.0812. The SMILES string of the molecule is NC(=O)CC[C@H](NC(=O)[C@H](Cc1ccc2ccccc2c1)NC(=O)c1cccs1)C(N)=O. The number of rotatable bonds is 10. The first-order chi connectivity index (χ1) is 15.3. The summed E-state index contributed by atoms with van der Waals surface area (Å²) >= 11 is 1.25. The quantitative estimate of drug-likeness (QED) is 0.369. The van der Waals surface area contributed by atoms with Gasteiger partial charge in [0.1, 0.15) is 12.1 Å². The van der Waals surface area contributed by atoms with E-state index in [1.165, 1.54) is 11.3 Å². The van der Waals surface area contributed by atoms with Gasteiger partial charge in [0.15, 0.2) is 0 Å². The number of hydrogen-bond donors (Lipinski definition) is 4. The Balaban J connectivity index is 1.81. The summed E-state index contributed by atoms with van der Waals surface area (Å²) in [6, 6.07) is 15.0. The number of benzene rings is 2. The first kappa shape index (κ1) is 23.0. The van der Waals surface area contributed by atoms with Gasteiger partial charge < -0.3 is 22.1 Å². The second-order valence-electron chi connectivity index (χ2n) is 7.36. The second-order valence-corrected chi connectivity index (χ2v) is 8.31. The predicted octanol–water partition coefficient (Wildman–Crippen LogP) is 1.48. The molecule has 4 amide bonds. The lowest BCUT2D eigenvalue weighted by molar-refractivity contribution is -0.129. The van der Waals surface area contributed by atoms with E-state index in [9.17, 15) is 19.2 Å². The van der Waals surface area contributed by atoms with Crippen molar-refractivity contribution in [2.45, 2.75) is 31.3 Å². The van der Waals surface area contributed by atoms with Crippen LogP contribution in [0.25, 0.3) is 10.8 Å². The molecular weight excluding hydrogens is 428 g/mol. The number of nitrogens with two attached hydrogens (primary N) is 2. The summed E-state index contributed by atoms with van der Waals surface area (Å²) in [5.41, 5.74) is 11.3. The van der Waals surface area contributed by atoms with E-state index in [-0.39, 0.29) is 19.3 Å². The number of fused-ring (bicyclic) bond motifs is 1. The largest absolute Gasteiger partial charge is 0.370 e. The number of nitrogens with one attached hydrogen (secondary N) is 2. The highest BCUT2D eigenvalue weighted by molar-refractivity contribution is 7.12. The van der Waals surface area contributed by atoms with Gasteiger partial charge in [-0.25, -0.2) is 0 Å². The Hall–Kier alpha value is -3.72. The third-order valence-corrected chi connectivity index (χ3v) is 5.83. The Kier molecular flexibility index (Phi) is 7.56. The van der Waals surface area contributed by atoms with E-state index in [1.54, 1.807) is 17.5 Å². The molecule has 3 rings (SSSR count). The topological polar surface area (TPSA) is 144 Å². The third-order valence-electron chi connectivity index (χ3n) is 4.96. The third kappa shape index (κ3) is 6.14. The Morgan fingerprint density at radius 1 is 0.875 bits per heavy atom. The summed E-state index contributed by atoms with van der Waals surface area (Å²) in [7, 11) is 0. The van der Waals surface area contributed by atoms with Gasteiger partial charge in [-0.1, -0.05) is 48.5 Å². The van der Waals surface area contributed by atoms with Gasteiger partial charge >= 0.3 is 0 Å². The fraction of sp³-hybridized carbons (Fsp3) is 0.217. The molecule has 0 aliphatic heterocycles. The highest BCUT2D eigenvalue weighted by Crippen LogP contribution is 2.17. The first-order valence-electron chi connectivity index (χ1n) is 10.0. The fourth-order valence-corrected chi connectivity index (χ4v) is 3.92. The van der Waals surface area contributed by atoms with Crippen molar-refractivity contribution in [3.8, 4) is 0 Å². The zero-order chi connectivity index (χ0) is 23.1. The minimum atomic E-state index is -1.08. The van der Waals surface area contributed by atoms with Crippen LogP contribution in [0, 0.1) is 0 Å². The highest BCUT2D eigenvalue weighted by atomic mass is 32.1. The molecule has 3 aromatic rings. The highest BCUT2D eigenvalue weighted by Gasteiger charge is 2.27. The van der Waals surface area contributed by atoms with Crippen LogP contribution in [0.4, 0.5) is 0 Å². The van der Waals surface area contributed by atoms with E-state index in [0.29, 0.717) is 4.88 Å². The summed E-state index contributed by atoms with van der Waals surface area (Å²) in [4.78, 5) is 48.9. The normalized spacial score (nSPS) is 12.6. The van der Waals surface area contributed by atoms with Gasteiger partial charge in [-0.2, -0.15) is 0 Å². The lowest BCUT2D eigenvalue weighted by Gasteiger charge is -2.22. The van der Waals surface area contributed by atoms with E-state index >= 15 is 0 Å². The van der Waals surface area contributed by atoms with Gasteiger partial charge in [-0.05, 0) is 34.2 Å². The molecule has 9 heteroatoms. The minimum Gasteiger partial charge on any atom is -0.370 e. The molecule has 0 saturated heterocycles. The van der Waals surface area contributed by atoms with Crippen LogP contribution in [0.5, 0.6) is 0 Å². The maximum atomic E-state index is 13.0. The molecule has 0 aliphatic carbocycles. The Morgan fingerprint density at radius 2 is 1.62 bits per heavy atom. The second kappa shape index (κ2) is 10.5. The van der Waals surface area contributed by atoms with Gasteiger partial charge in [-0.15, -0.1) is 11.3 Å². The number of carbonyl (C=O) groups excluding carboxylic acids is 4. The molecule has 0 spiro atoms. The molecule has 0 unspecified atom stereocenters. The monoisotopic (exact) mass is 452 g/mol. The molecular formula is C23H24N4O4S. The molecule has 2 aromatic carbocycles. The molecule has 8 nitrogen and oxygen atoms in total. The van der Waals surface area contributed by atoms with E-state index < -0.39 is 35.7 Å². The van der Waals surface area contributed by atoms with Crippen molar-refractivity contribution in [1.29, 1.82) is 0 Å². The average molecular weight is 453 g/mol. The maximum absolute atomic E-state index is 13.0. The van der Waals surface area contributed by atoms with Gasteiger partial charge in [-0.3, -0.25) is 19.2 Å². The average Bonchev–Trinajstić information content (AvgIpc) is 3.30. The number of amides is 4. The number of carbonyl (C=O) groups is 4. The molecule has 0 aliphatic rings. The van der Waals surface area contributed by atoms with Crippen LogP contribution in [0.15, 0.2) is 60.0 Å². The van der Waals surface area contributed by atoms with Crippen LogP contribution in [0.1, 0.15) is 28.1 Å². The Labute approximate surface area is 189 Å². The molecule has 0 bridgehead atoms.